The fraction of sp³-hybridized carbons (Fsp3) is 0.625. The molecule has 0 N–H and O–H groups in total. The van der Waals surface area contributed by atoms with Crippen LogP contribution in [0.2, 0.25) is 0 Å². The second-order valence-electron chi connectivity index (χ2n) is 5.13. The van der Waals surface area contributed by atoms with Crippen molar-refractivity contribution in [1.82, 2.24) is 0 Å². The van der Waals surface area contributed by atoms with Gasteiger partial charge in [-0.15, -0.1) is 0 Å². The third-order valence-electron chi connectivity index (χ3n) is 2.95. The Morgan fingerprint density at radius 2 is 1.76 bits per heavy atom. The number of hydrogen-bond acceptors (Lipinski definition) is 1. The van der Waals surface area contributed by atoms with Gasteiger partial charge in [0.2, 0.25) is 0 Å². The zero-order valence-corrected chi connectivity index (χ0v) is 11.5. The van der Waals surface area contributed by atoms with Gasteiger partial charge in [-0.2, -0.15) is 0 Å². The Labute approximate surface area is 106 Å². The Morgan fingerprint density at radius 3 is 2.35 bits per heavy atom. The molecule has 0 atom stereocenters. The molecule has 0 heterocycles. The van der Waals surface area contributed by atoms with Gasteiger partial charge in [0, 0.05) is 0 Å². The average Bonchev–Trinajstić information content (AvgIpc) is 2.33. The standard InChI is InChI=1S/C16H26O/c1-4-5-6-13-17-16-11-9-15(10-12-16)8-7-14(2)3/h9-12,14H,4-8,13H2,1-3H3. The monoisotopic (exact) mass is 234 g/mol. The van der Waals surface area contributed by atoms with E-state index in [0.29, 0.717) is 0 Å². The normalized spacial score (nSPS) is 10.8. The zero-order chi connectivity index (χ0) is 12.5. The molecule has 0 aliphatic heterocycles. The molecule has 96 valence electrons. The first-order valence-electron chi connectivity index (χ1n) is 6.94. The SMILES string of the molecule is CCCCCOc1ccc(CCC(C)C)cc1. The van der Waals surface area contributed by atoms with Crippen molar-refractivity contribution in [2.45, 2.75) is 52.9 Å². The van der Waals surface area contributed by atoms with Crippen LogP contribution in [0.3, 0.4) is 0 Å². The number of rotatable bonds is 8. The highest BCUT2D eigenvalue weighted by Gasteiger charge is 1.98. The first-order chi connectivity index (χ1) is 8.22. The molecule has 1 nitrogen and oxygen atoms in total. The molecule has 0 bridgehead atoms. The Bertz CT molecular complexity index is 287. The van der Waals surface area contributed by atoms with E-state index in [1.54, 1.807) is 0 Å². The first kappa shape index (κ1) is 14.1. The van der Waals surface area contributed by atoms with E-state index in [-0.39, 0.29) is 0 Å². The molecule has 0 saturated heterocycles. The topological polar surface area (TPSA) is 9.23 Å². The molecule has 1 aromatic rings. The van der Waals surface area contributed by atoms with Crippen LogP contribution < -0.4 is 4.74 Å². The fourth-order valence-corrected chi connectivity index (χ4v) is 1.75. The molecule has 0 aromatic heterocycles. The summed E-state index contributed by atoms with van der Waals surface area (Å²) in [6.45, 7) is 7.60. The number of unbranched alkanes of at least 4 members (excludes halogenated alkanes) is 2. The van der Waals surface area contributed by atoms with E-state index in [1.165, 1.54) is 31.2 Å². The first-order valence-corrected chi connectivity index (χ1v) is 6.94. The van der Waals surface area contributed by atoms with Gasteiger partial charge in [-0.1, -0.05) is 45.7 Å². The van der Waals surface area contributed by atoms with Crippen LogP contribution in [0.1, 0.15) is 52.0 Å². The minimum atomic E-state index is 0.778. The van der Waals surface area contributed by atoms with Crippen molar-refractivity contribution in [2.75, 3.05) is 6.61 Å². The Balaban J connectivity index is 2.29. The summed E-state index contributed by atoms with van der Waals surface area (Å²) in [4.78, 5) is 0. The molecule has 0 aliphatic carbocycles. The molecule has 17 heavy (non-hydrogen) atoms. The van der Waals surface area contributed by atoms with E-state index in [2.05, 4.69) is 45.0 Å². The average molecular weight is 234 g/mol. The van der Waals surface area contributed by atoms with Gasteiger partial charge >= 0.3 is 0 Å². The van der Waals surface area contributed by atoms with Crippen molar-refractivity contribution in [2.24, 2.45) is 5.92 Å². The summed E-state index contributed by atoms with van der Waals surface area (Å²) in [5.74, 6) is 1.79. The van der Waals surface area contributed by atoms with Crippen LogP contribution in [0.4, 0.5) is 0 Å². The van der Waals surface area contributed by atoms with Crippen molar-refractivity contribution in [1.29, 1.82) is 0 Å². The lowest BCUT2D eigenvalue weighted by Crippen LogP contribution is -1.97. The molecule has 0 amide bonds. The highest BCUT2D eigenvalue weighted by Crippen LogP contribution is 2.15. The third kappa shape index (κ3) is 6.35. The van der Waals surface area contributed by atoms with Crippen molar-refractivity contribution in [3.05, 3.63) is 29.8 Å². The van der Waals surface area contributed by atoms with E-state index in [0.717, 1.165) is 24.7 Å². The molecule has 0 saturated carbocycles. The Hall–Kier alpha value is -0.980. The van der Waals surface area contributed by atoms with Crippen molar-refractivity contribution in [3.63, 3.8) is 0 Å². The van der Waals surface area contributed by atoms with E-state index >= 15 is 0 Å². The summed E-state index contributed by atoms with van der Waals surface area (Å²) in [5.41, 5.74) is 1.42. The summed E-state index contributed by atoms with van der Waals surface area (Å²) in [6, 6.07) is 8.58. The Morgan fingerprint density at radius 1 is 1.06 bits per heavy atom. The van der Waals surface area contributed by atoms with Gasteiger partial charge in [0.05, 0.1) is 6.61 Å². The molecule has 0 radical (unpaired) electrons. The number of ether oxygens (including phenoxy) is 1. The van der Waals surface area contributed by atoms with Crippen LogP contribution >= 0.6 is 0 Å². The second-order valence-corrected chi connectivity index (χ2v) is 5.13. The third-order valence-corrected chi connectivity index (χ3v) is 2.95. The van der Waals surface area contributed by atoms with Gasteiger partial charge in [-0.25, -0.2) is 0 Å². The van der Waals surface area contributed by atoms with Crippen LogP contribution in [-0.2, 0) is 6.42 Å². The van der Waals surface area contributed by atoms with E-state index < -0.39 is 0 Å². The van der Waals surface area contributed by atoms with Crippen LogP contribution in [0.5, 0.6) is 5.75 Å². The van der Waals surface area contributed by atoms with E-state index in [4.69, 9.17) is 4.74 Å². The predicted octanol–water partition coefficient (Wildman–Crippen LogP) is 4.84. The van der Waals surface area contributed by atoms with Crippen LogP contribution in [-0.4, -0.2) is 6.61 Å². The maximum Gasteiger partial charge on any atom is 0.119 e. The highest BCUT2D eigenvalue weighted by atomic mass is 16.5. The maximum atomic E-state index is 5.69. The highest BCUT2D eigenvalue weighted by molar-refractivity contribution is 5.27. The number of aryl methyl sites for hydroxylation is 1. The van der Waals surface area contributed by atoms with Gasteiger partial charge in [0.25, 0.3) is 0 Å². The fourth-order valence-electron chi connectivity index (χ4n) is 1.75. The van der Waals surface area contributed by atoms with E-state index in [1.807, 2.05) is 0 Å². The number of hydrogen-bond donors (Lipinski definition) is 0. The van der Waals surface area contributed by atoms with E-state index in [9.17, 15) is 0 Å². The quantitative estimate of drug-likeness (QED) is 0.585. The molecule has 0 fully saturated rings. The van der Waals surface area contributed by atoms with Gasteiger partial charge in [0.1, 0.15) is 5.75 Å². The molecule has 1 heteroatoms. The molecular formula is C16H26O. The smallest absolute Gasteiger partial charge is 0.119 e. The van der Waals surface area contributed by atoms with Crippen LogP contribution in [0, 0.1) is 5.92 Å². The van der Waals surface area contributed by atoms with Gasteiger partial charge in [-0.05, 0) is 42.9 Å². The lowest BCUT2D eigenvalue weighted by Gasteiger charge is -2.08. The van der Waals surface area contributed by atoms with Gasteiger partial charge in [0.15, 0.2) is 0 Å². The summed E-state index contributed by atoms with van der Waals surface area (Å²) in [5, 5.41) is 0. The summed E-state index contributed by atoms with van der Waals surface area (Å²) >= 11 is 0. The van der Waals surface area contributed by atoms with Crippen molar-refractivity contribution < 1.29 is 4.74 Å². The van der Waals surface area contributed by atoms with Crippen molar-refractivity contribution >= 4 is 0 Å². The largest absolute Gasteiger partial charge is 0.494 e. The van der Waals surface area contributed by atoms with Gasteiger partial charge in [-0.3, -0.25) is 0 Å². The molecule has 0 unspecified atom stereocenters. The molecule has 0 spiro atoms. The summed E-state index contributed by atoms with van der Waals surface area (Å²) in [7, 11) is 0. The minimum Gasteiger partial charge on any atom is -0.494 e. The number of benzene rings is 1. The van der Waals surface area contributed by atoms with Gasteiger partial charge < -0.3 is 4.74 Å². The second kappa shape index (κ2) is 8.16. The van der Waals surface area contributed by atoms with Crippen molar-refractivity contribution in [3.8, 4) is 5.75 Å². The van der Waals surface area contributed by atoms with Crippen LogP contribution in [0.25, 0.3) is 0 Å². The maximum absolute atomic E-state index is 5.69. The molecule has 1 aromatic carbocycles. The lowest BCUT2D eigenvalue weighted by atomic mass is 10.0. The molecular weight excluding hydrogens is 208 g/mol. The lowest BCUT2D eigenvalue weighted by molar-refractivity contribution is 0.306. The summed E-state index contributed by atoms with van der Waals surface area (Å²) < 4.78 is 5.69. The summed E-state index contributed by atoms with van der Waals surface area (Å²) in [6.07, 6.45) is 6.10. The van der Waals surface area contributed by atoms with Crippen LogP contribution in [0.15, 0.2) is 24.3 Å². The predicted molar refractivity (Wildman–Crippen MR) is 74.6 cm³/mol. The molecule has 1 rings (SSSR count). The molecule has 0 aliphatic rings. The zero-order valence-electron chi connectivity index (χ0n) is 11.5. The minimum absolute atomic E-state index is 0.778. The Kier molecular flexibility index (Phi) is 6.76.